The number of hydrogen-bond donors (Lipinski definition) is 1. The third-order valence-electron chi connectivity index (χ3n) is 7.06. The normalized spacial score (nSPS) is 20.4. The Labute approximate surface area is 205 Å². The molecule has 0 unspecified atom stereocenters. The molecule has 0 saturated carbocycles. The van der Waals surface area contributed by atoms with E-state index >= 15 is 0 Å². The summed E-state index contributed by atoms with van der Waals surface area (Å²) in [4.78, 5) is 45.2. The van der Waals surface area contributed by atoms with Crippen LogP contribution in [0.4, 0.5) is 5.69 Å². The van der Waals surface area contributed by atoms with E-state index in [1.165, 1.54) is 0 Å². The van der Waals surface area contributed by atoms with E-state index in [0.29, 0.717) is 42.9 Å². The number of anilines is 1. The van der Waals surface area contributed by atoms with E-state index < -0.39 is 6.04 Å². The quantitative estimate of drug-likeness (QED) is 0.620. The minimum Gasteiger partial charge on any atom is -0.379 e. The lowest BCUT2D eigenvalue weighted by atomic mass is 10.1. The molecular formula is C27H32N4O4. The Bertz CT molecular complexity index is 1100. The van der Waals surface area contributed by atoms with Gasteiger partial charge in [0, 0.05) is 31.7 Å². The number of benzene rings is 2. The molecule has 3 aliphatic rings. The first-order valence-electron chi connectivity index (χ1n) is 12.5. The van der Waals surface area contributed by atoms with E-state index in [2.05, 4.69) is 10.2 Å². The number of carbonyl (C=O) groups excluding carboxylic acids is 3. The maximum atomic E-state index is 13.5. The van der Waals surface area contributed by atoms with Crippen LogP contribution in [0.1, 0.15) is 45.5 Å². The zero-order chi connectivity index (χ0) is 24.2. The molecule has 1 N–H and O–H groups in total. The van der Waals surface area contributed by atoms with Crippen LogP contribution in [0.15, 0.2) is 48.5 Å². The van der Waals surface area contributed by atoms with Gasteiger partial charge in [0.2, 0.25) is 5.91 Å². The molecule has 0 aliphatic carbocycles. The van der Waals surface area contributed by atoms with Gasteiger partial charge in [0.25, 0.3) is 11.8 Å². The fourth-order valence-electron chi connectivity index (χ4n) is 5.20. The molecule has 5 rings (SSSR count). The number of ether oxygens (including phenoxy) is 1. The predicted octanol–water partition coefficient (Wildman–Crippen LogP) is 2.29. The van der Waals surface area contributed by atoms with Gasteiger partial charge in [0.05, 0.1) is 31.0 Å². The fraction of sp³-hybridized carbons (Fsp3) is 0.444. The van der Waals surface area contributed by atoms with E-state index in [1.807, 2.05) is 36.4 Å². The Hall–Kier alpha value is -3.23. The van der Waals surface area contributed by atoms with Gasteiger partial charge in [0.1, 0.15) is 6.04 Å². The van der Waals surface area contributed by atoms with E-state index in [0.717, 1.165) is 51.3 Å². The number of para-hydroxylation sites is 1. The largest absolute Gasteiger partial charge is 0.379 e. The molecule has 0 aromatic heterocycles. The maximum Gasteiger partial charge on any atom is 0.256 e. The van der Waals surface area contributed by atoms with Crippen LogP contribution in [0.2, 0.25) is 0 Å². The molecule has 0 bridgehead atoms. The van der Waals surface area contributed by atoms with Crippen molar-refractivity contribution in [3.63, 3.8) is 0 Å². The van der Waals surface area contributed by atoms with E-state index in [-0.39, 0.29) is 17.7 Å². The highest BCUT2D eigenvalue weighted by Crippen LogP contribution is 2.33. The first kappa shape index (κ1) is 23.5. The van der Waals surface area contributed by atoms with Crippen LogP contribution in [0.3, 0.4) is 0 Å². The smallest absolute Gasteiger partial charge is 0.256 e. The highest BCUT2D eigenvalue weighted by atomic mass is 16.5. The molecule has 3 amide bonds. The minimum atomic E-state index is -0.423. The molecule has 8 nitrogen and oxygen atoms in total. The van der Waals surface area contributed by atoms with Gasteiger partial charge in [-0.05, 0) is 55.6 Å². The van der Waals surface area contributed by atoms with Crippen molar-refractivity contribution >= 4 is 23.4 Å². The van der Waals surface area contributed by atoms with Gasteiger partial charge < -0.3 is 19.9 Å². The summed E-state index contributed by atoms with van der Waals surface area (Å²) in [7, 11) is 0. The average molecular weight is 477 g/mol. The van der Waals surface area contributed by atoms with Crippen LogP contribution in [0.5, 0.6) is 0 Å². The van der Waals surface area contributed by atoms with Crippen LogP contribution in [0.25, 0.3) is 0 Å². The second-order valence-electron chi connectivity index (χ2n) is 9.36. The van der Waals surface area contributed by atoms with E-state index in [9.17, 15) is 14.4 Å². The summed E-state index contributed by atoms with van der Waals surface area (Å²) in [6.45, 7) is 5.91. The number of amides is 3. The van der Waals surface area contributed by atoms with Gasteiger partial charge in [-0.3, -0.25) is 19.3 Å². The summed E-state index contributed by atoms with van der Waals surface area (Å²) in [5.41, 5.74) is 2.62. The van der Waals surface area contributed by atoms with Crippen LogP contribution in [-0.4, -0.2) is 79.5 Å². The first-order chi connectivity index (χ1) is 17.1. The van der Waals surface area contributed by atoms with Gasteiger partial charge >= 0.3 is 0 Å². The van der Waals surface area contributed by atoms with Crippen molar-refractivity contribution in [2.75, 3.05) is 50.8 Å². The van der Waals surface area contributed by atoms with Crippen LogP contribution < -0.4 is 10.2 Å². The second-order valence-corrected chi connectivity index (χ2v) is 9.36. The Morgan fingerprint density at radius 2 is 1.86 bits per heavy atom. The monoisotopic (exact) mass is 476 g/mol. The molecule has 35 heavy (non-hydrogen) atoms. The summed E-state index contributed by atoms with van der Waals surface area (Å²) in [5.74, 6) is -0.253. The highest BCUT2D eigenvalue weighted by molar-refractivity contribution is 6.11. The number of hydrogen-bond acceptors (Lipinski definition) is 5. The van der Waals surface area contributed by atoms with E-state index in [4.69, 9.17) is 4.74 Å². The molecule has 1 atom stereocenters. The van der Waals surface area contributed by atoms with Crippen molar-refractivity contribution in [3.05, 3.63) is 65.2 Å². The number of fused-ring (bicyclic) bond motifs is 2. The minimum absolute atomic E-state index is 0.0567. The van der Waals surface area contributed by atoms with Crippen molar-refractivity contribution in [3.8, 4) is 0 Å². The molecule has 0 spiro atoms. The molecule has 2 aromatic carbocycles. The van der Waals surface area contributed by atoms with Crippen LogP contribution in [0, 0.1) is 0 Å². The van der Waals surface area contributed by atoms with E-state index in [1.54, 1.807) is 21.9 Å². The molecule has 3 heterocycles. The number of nitrogens with one attached hydrogen (secondary N) is 1. The Balaban J connectivity index is 1.27. The molecule has 3 aliphatic heterocycles. The van der Waals surface area contributed by atoms with Gasteiger partial charge in [-0.1, -0.05) is 24.3 Å². The van der Waals surface area contributed by atoms with Crippen molar-refractivity contribution in [1.29, 1.82) is 0 Å². The van der Waals surface area contributed by atoms with Gasteiger partial charge in [-0.2, -0.15) is 0 Å². The molecule has 2 fully saturated rings. The lowest BCUT2D eigenvalue weighted by Gasteiger charge is -2.26. The molecular weight excluding hydrogens is 444 g/mol. The number of morpholine rings is 1. The third-order valence-corrected chi connectivity index (χ3v) is 7.06. The lowest BCUT2D eigenvalue weighted by molar-refractivity contribution is -0.122. The lowest BCUT2D eigenvalue weighted by Crippen LogP contribution is -2.44. The van der Waals surface area contributed by atoms with Crippen LogP contribution in [-0.2, 0) is 16.1 Å². The Morgan fingerprint density at radius 1 is 1.03 bits per heavy atom. The standard InChI is InChI=1S/C27H32N4O4/c32-25(28-11-5-12-29-14-16-35-17-15-29)21-7-3-6-20(18-21)19-31-23-9-2-1-8-22(23)26(33)30-13-4-10-24(30)27(31)34/h1-3,6-9,18,24H,4-5,10-17,19H2,(H,28,32)/t24-/m1/s1. The fourth-order valence-corrected chi connectivity index (χ4v) is 5.20. The zero-order valence-corrected chi connectivity index (χ0v) is 19.9. The Morgan fingerprint density at radius 3 is 2.71 bits per heavy atom. The van der Waals surface area contributed by atoms with Crippen molar-refractivity contribution in [2.24, 2.45) is 0 Å². The average Bonchev–Trinajstić information content (AvgIpc) is 3.37. The Kier molecular flexibility index (Phi) is 7.11. The molecule has 2 aromatic rings. The first-order valence-corrected chi connectivity index (χ1v) is 12.5. The van der Waals surface area contributed by atoms with Crippen molar-refractivity contribution < 1.29 is 19.1 Å². The molecule has 8 heteroatoms. The zero-order valence-electron chi connectivity index (χ0n) is 19.9. The van der Waals surface area contributed by atoms with Gasteiger partial charge in [0.15, 0.2) is 0 Å². The van der Waals surface area contributed by atoms with Crippen molar-refractivity contribution in [2.45, 2.75) is 31.8 Å². The summed E-state index contributed by atoms with van der Waals surface area (Å²) in [6, 6.07) is 14.3. The molecule has 0 radical (unpaired) electrons. The summed E-state index contributed by atoms with van der Waals surface area (Å²) in [6.07, 6.45) is 2.40. The third kappa shape index (κ3) is 5.09. The maximum absolute atomic E-state index is 13.5. The second kappa shape index (κ2) is 10.6. The SMILES string of the molecule is O=C(NCCCN1CCOCC1)c1cccc(CN2C(=O)[C@H]3CCCN3C(=O)c3ccccc32)c1. The highest BCUT2D eigenvalue weighted by Gasteiger charge is 2.41. The molecule has 2 saturated heterocycles. The topological polar surface area (TPSA) is 82.2 Å². The van der Waals surface area contributed by atoms with Crippen LogP contribution >= 0.6 is 0 Å². The number of carbonyl (C=O) groups is 3. The summed E-state index contributed by atoms with van der Waals surface area (Å²) < 4.78 is 5.37. The molecule has 184 valence electrons. The summed E-state index contributed by atoms with van der Waals surface area (Å²) in [5, 5.41) is 3.01. The van der Waals surface area contributed by atoms with Gasteiger partial charge in [-0.25, -0.2) is 0 Å². The van der Waals surface area contributed by atoms with Crippen molar-refractivity contribution in [1.82, 2.24) is 15.1 Å². The number of rotatable bonds is 7. The number of nitrogens with zero attached hydrogens (tertiary/aromatic N) is 3. The predicted molar refractivity (Wildman–Crippen MR) is 132 cm³/mol. The van der Waals surface area contributed by atoms with Gasteiger partial charge in [-0.15, -0.1) is 0 Å². The summed E-state index contributed by atoms with van der Waals surface area (Å²) >= 11 is 0.